The van der Waals surface area contributed by atoms with Crippen LogP contribution >= 0.6 is 0 Å². The highest BCUT2D eigenvalue weighted by Crippen LogP contribution is 2.32. The van der Waals surface area contributed by atoms with Crippen LogP contribution in [0.4, 0.5) is 4.39 Å². The highest BCUT2D eigenvalue weighted by atomic mass is 19.1. The lowest BCUT2D eigenvalue weighted by Crippen LogP contribution is -2.16. The van der Waals surface area contributed by atoms with E-state index in [1.54, 1.807) is 16.8 Å². The normalized spacial score (nSPS) is 14.5. The Morgan fingerprint density at radius 1 is 1.38 bits per heavy atom. The third-order valence-corrected chi connectivity index (χ3v) is 3.88. The van der Waals surface area contributed by atoms with Crippen LogP contribution in [0.2, 0.25) is 0 Å². The zero-order chi connectivity index (χ0) is 15.0. The SMILES string of the molecule is Cc1nn(C)c(C)c1Oc1cccc(F)c1CNC1CC1. The number of halogens is 1. The lowest BCUT2D eigenvalue weighted by atomic mass is 10.2. The minimum atomic E-state index is -0.236. The van der Waals surface area contributed by atoms with Gasteiger partial charge in [0.05, 0.1) is 5.69 Å². The molecule has 2 aromatic rings. The second-order valence-electron chi connectivity index (χ2n) is 5.60. The fourth-order valence-corrected chi connectivity index (χ4v) is 2.35. The van der Waals surface area contributed by atoms with Crippen molar-refractivity contribution in [3.63, 3.8) is 0 Å². The van der Waals surface area contributed by atoms with Gasteiger partial charge >= 0.3 is 0 Å². The van der Waals surface area contributed by atoms with E-state index >= 15 is 0 Å². The van der Waals surface area contributed by atoms with Gasteiger partial charge in [-0.3, -0.25) is 4.68 Å². The van der Waals surface area contributed by atoms with E-state index in [2.05, 4.69) is 10.4 Å². The maximum atomic E-state index is 14.1. The van der Waals surface area contributed by atoms with Crippen LogP contribution in [-0.2, 0) is 13.6 Å². The molecule has 1 aliphatic rings. The molecule has 0 bridgehead atoms. The topological polar surface area (TPSA) is 39.1 Å². The van der Waals surface area contributed by atoms with Crippen LogP contribution in [0.3, 0.4) is 0 Å². The Morgan fingerprint density at radius 3 is 2.76 bits per heavy atom. The van der Waals surface area contributed by atoms with Gasteiger partial charge in [0.15, 0.2) is 5.75 Å². The first-order valence-corrected chi connectivity index (χ1v) is 7.25. The van der Waals surface area contributed by atoms with Crippen molar-refractivity contribution in [2.24, 2.45) is 7.05 Å². The molecule has 1 saturated carbocycles. The molecule has 112 valence electrons. The van der Waals surface area contributed by atoms with E-state index in [9.17, 15) is 4.39 Å². The molecule has 21 heavy (non-hydrogen) atoms. The summed E-state index contributed by atoms with van der Waals surface area (Å²) in [6, 6.07) is 5.48. The Morgan fingerprint density at radius 2 is 2.14 bits per heavy atom. The van der Waals surface area contributed by atoms with Crippen molar-refractivity contribution in [3.8, 4) is 11.5 Å². The number of ether oxygens (including phenoxy) is 1. The number of rotatable bonds is 5. The van der Waals surface area contributed by atoms with Gasteiger partial charge in [-0.05, 0) is 38.8 Å². The first-order chi connectivity index (χ1) is 10.1. The third-order valence-electron chi connectivity index (χ3n) is 3.88. The molecule has 1 N–H and O–H groups in total. The van der Waals surface area contributed by atoms with Gasteiger partial charge in [0.2, 0.25) is 0 Å². The van der Waals surface area contributed by atoms with E-state index in [0.29, 0.717) is 29.6 Å². The lowest BCUT2D eigenvalue weighted by molar-refractivity contribution is 0.455. The molecule has 5 heteroatoms. The smallest absolute Gasteiger partial charge is 0.171 e. The minimum Gasteiger partial charge on any atom is -0.453 e. The van der Waals surface area contributed by atoms with Crippen molar-refractivity contribution >= 4 is 0 Å². The fourth-order valence-electron chi connectivity index (χ4n) is 2.35. The number of aromatic nitrogens is 2. The molecule has 0 atom stereocenters. The number of nitrogens with zero attached hydrogens (tertiary/aromatic N) is 2. The maximum absolute atomic E-state index is 14.1. The molecule has 1 aromatic carbocycles. The van der Waals surface area contributed by atoms with Gasteiger partial charge in [0.1, 0.15) is 17.3 Å². The summed E-state index contributed by atoms with van der Waals surface area (Å²) >= 11 is 0. The Balaban J connectivity index is 1.88. The molecule has 1 fully saturated rings. The zero-order valence-corrected chi connectivity index (χ0v) is 12.6. The zero-order valence-electron chi connectivity index (χ0n) is 12.6. The summed E-state index contributed by atoms with van der Waals surface area (Å²) in [5.74, 6) is 1.03. The van der Waals surface area contributed by atoms with Gasteiger partial charge in [0.25, 0.3) is 0 Å². The second kappa shape index (κ2) is 5.48. The van der Waals surface area contributed by atoms with Gasteiger partial charge in [0, 0.05) is 25.2 Å². The number of aryl methyl sites for hydroxylation is 2. The van der Waals surface area contributed by atoms with E-state index in [-0.39, 0.29) is 5.82 Å². The van der Waals surface area contributed by atoms with Crippen LogP contribution in [0.1, 0.15) is 29.8 Å². The summed E-state index contributed by atoms with van der Waals surface area (Å²) in [4.78, 5) is 0. The van der Waals surface area contributed by atoms with Crippen LogP contribution in [-0.4, -0.2) is 15.8 Å². The van der Waals surface area contributed by atoms with Crippen LogP contribution in [0.5, 0.6) is 11.5 Å². The van der Waals surface area contributed by atoms with E-state index in [0.717, 1.165) is 11.4 Å². The van der Waals surface area contributed by atoms with E-state index in [1.165, 1.54) is 18.9 Å². The van der Waals surface area contributed by atoms with E-state index in [4.69, 9.17) is 4.74 Å². The molecular formula is C16H20FN3O. The highest BCUT2D eigenvalue weighted by molar-refractivity contribution is 5.42. The van der Waals surface area contributed by atoms with E-state index in [1.807, 2.05) is 20.9 Å². The Hall–Kier alpha value is -1.88. The Kier molecular flexibility index (Phi) is 3.68. The predicted octanol–water partition coefficient (Wildman–Crippen LogP) is 3.22. The molecule has 1 aliphatic carbocycles. The summed E-state index contributed by atoms with van der Waals surface area (Å²) in [6.07, 6.45) is 2.34. The minimum absolute atomic E-state index is 0.236. The first kappa shape index (κ1) is 14.1. The number of hydrogen-bond acceptors (Lipinski definition) is 3. The first-order valence-electron chi connectivity index (χ1n) is 7.25. The standard InChI is InChI=1S/C16H20FN3O/c1-10-16(11(2)20(3)19-10)21-15-6-4-5-14(17)13(15)9-18-12-7-8-12/h4-6,12,18H,7-9H2,1-3H3. The summed E-state index contributed by atoms with van der Waals surface area (Å²) < 4.78 is 21.8. The highest BCUT2D eigenvalue weighted by Gasteiger charge is 2.22. The number of benzene rings is 1. The Bertz CT molecular complexity index is 662. The van der Waals surface area contributed by atoms with Gasteiger partial charge in [-0.2, -0.15) is 5.10 Å². The average molecular weight is 289 g/mol. The van der Waals surface area contributed by atoms with E-state index < -0.39 is 0 Å². The largest absolute Gasteiger partial charge is 0.453 e. The van der Waals surface area contributed by atoms with Gasteiger partial charge in [-0.1, -0.05) is 6.07 Å². The van der Waals surface area contributed by atoms with Crippen LogP contribution in [0.25, 0.3) is 0 Å². The third kappa shape index (κ3) is 2.93. The number of hydrogen-bond donors (Lipinski definition) is 1. The second-order valence-corrected chi connectivity index (χ2v) is 5.60. The maximum Gasteiger partial charge on any atom is 0.171 e. The van der Waals surface area contributed by atoms with Crippen molar-refractivity contribution in [2.75, 3.05) is 0 Å². The molecule has 0 radical (unpaired) electrons. The quantitative estimate of drug-likeness (QED) is 0.918. The predicted molar refractivity (Wildman–Crippen MR) is 79.0 cm³/mol. The summed E-state index contributed by atoms with van der Waals surface area (Å²) in [5, 5.41) is 7.66. The van der Waals surface area contributed by atoms with Gasteiger partial charge < -0.3 is 10.1 Å². The van der Waals surface area contributed by atoms with Crippen LogP contribution in [0.15, 0.2) is 18.2 Å². The molecule has 0 aliphatic heterocycles. The molecule has 0 saturated heterocycles. The van der Waals surface area contributed by atoms with Crippen LogP contribution in [0, 0.1) is 19.7 Å². The molecule has 0 amide bonds. The van der Waals surface area contributed by atoms with Gasteiger partial charge in [-0.25, -0.2) is 4.39 Å². The lowest BCUT2D eigenvalue weighted by Gasteiger charge is -2.13. The molecule has 0 spiro atoms. The van der Waals surface area contributed by atoms with Gasteiger partial charge in [-0.15, -0.1) is 0 Å². The summed E-state index contributed by atoms with van der Waals surface area (Å²) in [6.45, 7) is 4.32. The molecule has 1 heterocycles. The molecule has 4 nitrogen and oxygen atoms in total. The Labute approximate surface area is 123 Å². The van der Waals surface area contributed by atoms with Crippen molar-refractivity contribution < 1.29 is 9.13 Å². The van der Waals surface area contributed by atoms with Crippen LogP contribution < -0.4 is 10.1 Å². The summed E-state index contributed by atoms with van der Waals surface area (Å²) in [5.41, 5.74) is 2.31. The summed E-state index contributed by atoms with van der Waals surface area (Å²) in [7, 11) is 1.87. The van der Waals surface area contributed by atoms with Crippen molar-refractivity contribution in [1.29, 1.82) is 0 Å². The molecule has 1 aromatic heterocycles. The molecule has 3 rings (SSSR count). The van der Waals surface area contributed by atoms with Crippen molar-refractivity contribution in [2.45, 2.75) is 39.3 Å². The monoisotopic (exact) mass is 289 g/mol. The average Bonchev–Trinajstić information content (AvgIpc) is 3.23. The number of nitrogens with one attached hydrogen (secondary N) is 1. The van der Waals surface area contributed by atoms with Crippen molar-refractivity contribution in [3.05, 3.63) is 41.0 Å². The fraction of sp³-hybridized carbons (Fsp3) is 0.438. The molecular weight excluding hydrogens is 269 g/mol. The molecule has 0 unspecified atom stereocenters. The van der Waals surface area contributed by atoms with Crippen molar-refractivity contribution in [1.82, 2.24) is 15.1 Å².